The minimum absolute atomic E-state index is 0.0307. The van der Waals surface area contributed by atoms with E-state index in [0.29, 0.717) is 30.6 Å². The molecule has 2 atom stereocenters. The lowest BCUT2D eigenvalue weighted by molar-refractivity contribution is -0.139. The van der Waals surface area contributed by atoms with Gasteiger partial charge in [-0.05, 0) is 36.3 Å². The number of rotatable bonds is 7. The van der Waals surface area contributed by atoms with Crippen molar-refractivity contribution in [2.24, 2.45) is 11.8 Å². The van der Waals surface area contributed by atoms with Crippen LogP contribution in [0, 0.1) is 18.8 Å². The number of amides is 2. The summed E-state index contributed by atoms with van der Waals surface area (Å²) in [6.45, 7) is 11.0. The lowest BCUT2D eigenvalue weighted by atomic mass is 9.99. The molecule has 0 bridgehead atoms. The van der Waals surface area contributed by atoms with E-state index in [4.69, 9.17) is 0 Å². The minimum atomic E-state index is -0.411. The standard InChI is InChI=1S/C20H30N2O2S/c1-13(2)10-17(19(24)21-11-14(3)4)22-18(23)12-25-20(22)16-9-7-6-8-15(16)5/h6-9,13-14,17,20H,10-12H2,1-5H3,(H,21,24)/t17-,20+/m0/s1. The quantitative estimate of drug-likeness (QED) is 0.803. The van der Waals surface area contributed by atoms with Gasteiger partial charge in [0.1, 0.15) is 11.4 Å². The molecule has 25 heavy (non-hydrogen) atoms. The minimum Gasteiger partial charge on any atom is -0.354 e. The molecular formula is C20H30N2O2S. The van der Waals surface area contributed by atoms with Crippen molar-refractivity contribution in [2.75, 3.05) is 12.3 Å². The largest absolute Gasteiger partial charge is 0.354 e. The molecule has 1 N–H and O–H groups in total. The summed E-state index contributed by atoms with van der Waals surface area (Å²) in [5, 5.41) is 2.95. The predicted octanol–water partition coefficient (Wildman–Crippen LogP) is 3.76. The second kappa shape index (κ2) is 8.75. The summed E-state index contributed by atoms with van der Waals surface area (Å²) in [5.41, 5.74) is 2.29. The summed E-state index contributed by atoms with van der Waals surface area (Å²) in [6, 6.07) is 7.72. The molecule has 1 aliphatic rings. The zero-order valence-corrected chi connectivity index (χ0v) is 16.7. The smallest absolute Gasteiger partial charge is 0.242 e. The fourth-order valence-electron chi connectivity index (χ4n) is 3.09. The first kappa shape index (κ1) is 19.8. The van der Waals surface area contributed by atoms with Gasteiger partial charge in [-0.3, -0.25) is 9.59 Å². The van der Waals surface area contributed by atoms with Gasteiger partial charge in [-0.2, -0.15) is 0 Å². The van der Waals surface area contributed by atoms with Crippen LogP contribution in [-0.2, 0) is 9.59 Å². The lowest BCUT2D eigenvalue weighted by Crippen LogP contribution is -2.49. The Kier molecular flexibility index (Phi) is 6.94. The van der Waals surface area contributed by atoms with Gasteiger partial charge >= 0.3 is 0 Å². The van der Waals surface area contributed by atoms with Crippen LogP contribution in [0.15, 0.2) is 24.3 Å². The maximum absolute atomic E-state index is 12.9. The monoisotopic (exact) mass is 362 g/mol. The van der Waals surface area contributed by atoms with Gasteiger partial charge in [-0.25, -0.2) is 0 Å². The number of hydrogen-bond donors (Lipinski definition) is 1. The van der Waals surface area contributed by atoms with E-state index in [9.17, 15) is 9.59 Å². The first-order chi connectivity index (χ1) is 11.8. The molecule has 1 aromatic carbocycles. The van der Waals surface area contributed by atoms with Gasteiger partial charge in [0.25, 0.3) is 0 Å². The third-order valence-electron chi connectivity index (χ3n) is 4.38. The molecule has 138 valence electrons. The first-order valence-electron chi connectivity index (χ1n) is 9.07. The van der Waals surface area contributed by atoms with Crippen LogP contribution in [0.3, 0.4) is 0 Å². The number of carbonyl (C=O) groups excluding carboxylic acids is 2. The van der Waals surface area contributed by atoms with E-state index >= 15 is 0 Å². The Morgan fingerprint density at radius 2 is 1.92 bits per heavy atom. The highest BCUT2D eigenvalue weighted by Crippen LogP contribution is 2.42. The van der Waals surface area contributed by atoms with Crippen molar-refractivity contribution in [3.63, 3.8) is 0 Å². The van der Waals surface area contributed by atoms with Gasteiger partial charge in [-0.1, -0.05) is 52.0 Å². The van der Waals surface area contributed by atoms with E-state index in [1.165, 1.54) is 0 Å². The number of nitrogens with one attached hydrogen (secondary N) is 1. The number of carbonyl (C=O) groups is 2. The van der Waals surface area contributed by atoms with Gasteiger partial charge in [0.05, 0.1) is 5.75 Å². The van der Waals surface area contributed by atoms with Crippen molar-refractivity contribution in [1.29, 1.82) is 0 Å². The summed E-state index contributed by atoms with van der Waals surface area (Å²) in [7, 11) is 0. The molecule has 1 fully saturated rings. The Hall–Kier alpha value is -1.49. The molecule has 0 radical (unpaired) electrons. The van der Waals surface area contributed by atoms with E-state index in [-0.39, 0.29) is 17.2 Å². The summed E-state index contributed by atoms with van der Waals surface area (Å²) in [5.74, 6) is 1.19. The Labute approximate surface area is 155 Å². The molecule has 4 nitrogen and oxygen atoms in total. The maximum Gasteiger partial charge on any atom is 0.242 e. The number of thioether (sulfide) groups is 1. The molecule has 1 saturated heterocycles. The Bertz CT molecular complexity index is 615. The molecule has 5 heteroatoms. The van der Waals surface area contributed by atoms with Crippen molar-refractivity contribution in [2.45, 2.75) is 52.5 Å². The van der Waals surface area contributed by atoms with Gasteiger partial charge in [0.2, 0.25) is 11.8 Å². The van der Waals surface area contributed by atoms with Crippen LogP contribution in [0.25, 0.3) is 0 Å². The molecule has 0 unspecified atom stereocenters. The third-order valence-corrected chi connectivity index (χ3v) is 5.59. The molecule has 1 heterocycles. The maximum atomic E-state index is 12.9. The van der Waals surface area contributed by atoms with Crippen LogP contribution in [0.2, 0.25) is 0 Å². The van der Waals surface area contributed by atoms with E-state index in [0.717, 1.165) is 11.1 Å². The summed E-state index contributed by atoms with van der Waals surface area (Å²) in [4.78, 5) is 27.3. The summed E-state index contributed by atoms with van der Waals surface area (Å²) < 4.78 is 0. The van der Waals surface area contributed by atoms with Crippen molar-refractivity contribution in [3.05, 3.63) is 35.4 Å². The molecule has 1 aromatic rings. The predicted molar refractivity (Wildman–Crippen MR) is 104 cm³/mol. The molecule has 0 aromatic heterocycles. The van der Waals surface area contributed by atoms with Crippen LogP contribution in [0.1, 0.15) is 50.6 Å². The van der Waals surface area contributed by atoms with Gasteiger partial charge in [-0.15, -0.1) is 11.8 Å². The second-order valence-corrected chi connectivity index (χ2v) is 8.67. The molecule has 0 spiro atoms. The Balaban J connectivity index is 2.30. The summed E-state index contributed by atoms with van der Waals surface area (Å²) in [6.07, 6.45) is 0.679. The normalized spacial score (nSPS) is 18.9. The third kappa shape index (κ3) is 5.00. The van der Waals surface area contributed by atoms with E-state index in [1.54, 1.807) is 11.8 Å². The molecule has 0 aliphatic carbocycles. The number of benzene rings is 1. The van der Waals surface area contributed by atoms with Crippen molar-refractivity contribution in [1.82, 2.24) is 10.2 Å². The van der Waals surface area contributed by atoms with Crippen molar-refractivity contribution < 1.29 is 9.59 Å². The van der Waals surface area contributed by atoms with E-state index in [2.05, 4.69) is 52.1 Å². The van der Waals surface area contributed by atoms with Crippen LogP contribution in [0.5, 0.6) is 0 Å². The zero-order chi connectivity index (χ0) is 18.6. The zero-order valence-electron chi connectivity index (χ0n) is 15.9. The SMILES string of the molecule is Cc1ccccc1[C@H]1SCC(=O)N1[C@@H](CC(C)C)C(=O)NCC(C)C. The van der Waals surface area contributed by atoms with Crippen LogP contribution >= 0.6 is 11.8 Å². The van der Waals surface area contributed by atoms with E-state index in [1.807, 2.05) is 17.0 Å². The van der Waals surface area contributed by atoms with Crippen LogP contribution in [-0.4, -0.2) is 35.1 Å². The fraction of sp³-hybridized carbons (Fsp3) is 0.600. The van der Waals surface area contributed by atoms with E-state index < -0.39 is 6.04 Å². The van der Waals surface area contributed by atoms with Crippen LogP contribution < -0.4 is 5.32 Å². The van der Waals surface area contributed by atoms with Crippen molar-refractivity contribution >= 4 is 23.6 Å². The van der Waals surface area contributed by atoms with Gasteiger partial charge in [0.15, 0.2) is 0 Å². The van der Waals surface area contributed by atoms with Crippen LogP contribution in [0.4, 0.5) is 0 Å². The molecule has 0 saturated carbocycles. The second-order valence-electron chi connectivity index (χ2n) is 7.61. The highest BCUT2D eigenvalue weighted by Gasteiger charge is 2.41. The fourth-order valence-corrected chi connectivity index (χ4v) is 4.41. The topological polar surface area (TPSA) is 49.4 Å². The summed E-state index contributed by atoms with van der Waals surface area (Å²) >= 11 is 1.62. The Morgan fingerprint density at radius 1 is 1.24 bits per heavy atom. The average Bonchev–Trinajstić information content (AvgIpc) is 2.92. The lowest BCUT2D eigenvalue weighted by Gasteiger charge is -2.33. The molecule has 1 aliphatic heterocycles. The number of nitrogens with zero attached hydrogens (tertiary/aromatic N) is 1. The highest BCUT2D eigenvalue weighted by atomic mass is 32.2. The number of hydrogen-bond acceptors (Lipinski definition) is 3. The Morgan fingerprint density at radius 3 is 2.52 bits per heavy atom. The molecule has 2 rings (SSSR count). The van der Waals surface area contributed by atoms with Crippen molar-refractivity contribution in [3.8, 4) is 0 Å². The van der Waals surface area contributed by atoms with Gasteiger partial charge in [0, 0.05) is 6.54 Å². The van der Waals surface area contributed by atoms with Gasteiger partial charge < -0.3 is 10.2 Å². The molecular weight excluding hydrogens is 332 g/mol. The first-order valence-corrected chi connectivity index (χ1v) is 10.1. The highest BCUT2D eigenvalue weighted by molar-refractivity contribution is 8.00. The average molecular weight is 363 g/mol. The molecule has 2 amide bonds. The number of aryl methyl sites for hydroxylation is 1.